The van der Waals surface area contributed by atoms with Crippen LogP contribution in [0.3, 0.4) is 0 Å². The molecule has 0 saturated carbocycles. The van der Waals surface area contributed by atoms with Crippen molar-refractivity contribution in [2.24, 2.45) is 5.92 Å². The summed E-state index contributed by atoms with van der Waals surface area (Å²) in [5, 5.41) is 8.28. The zero-order valence-corrected chi connectivity index (χ0v) is 10.7. The fourth-order valence-corrected chi connectivity index (χ4v) is 1.59. The third kappa shape index (κ3) is 13.2. The highest BCUT2D eigenvalue weighted by Crippen LogP contribution is 2.07. The molecule has 2 heteroatoms. The summed E-state index contributed by atoms with van der Waals surface area (Å²) in [6, 6.07) is 0. The second-order valence-corrected chi connectivity index (χ2v) is 4.79. The Morgan fingerprint density at radius 1 is 1.19 bits per heavy atom. The molecule has 0 atom stereocenters. The van der Waals surface area contributed by atoms with Crippen LogP contribution in [-0.4, -0.2) is 11.1 Å². The summed E-state index contributed by atoms with van der Waals surface area (Å²) >= 11 is 0. The first-order valence-electron chi connectivity index (χ1n) is 6.49. The third-order valence-electron chi connectivity index (χ3n) is 2.58. The fraction of sp³-hybridized carbons (Fsp3) is 0.786. The van der Waals surface area contributed by atoms with Gasteiger partial charge in [0, 0.05) is 6.42 Å². The molecule has 0 aromatic carbocycles. The van der Waals surface area contributed by atoms with Gasteiger partial charge in [-0.05, 0) is 38.0 Å². The average Bonchev–Trinajstić information content (AvgIpc) is 2.27. The Morgan fingerprint density at radius 2 is 1.75 bits per heavy atom. The van der Waals surface area contributed by atoms with E-state index in [9.17, 15) is 4.79 Å². The average molecular weight is 226 g/mol. The van der Waals surface area contributed by atoms with Crippen molar-refractivity contribution in [1.82, 2.24) is 0 Å². The number of unbranched alkanes of at least 4 members (excludes halogenated alkanes) is 1. The first-order valence-corrected chi connectivity index (χ1v) is 6.49. The summed E-state index contributed by atoms with van der Waals surface area (Å²) in [5.41, 5.74) is 0. The maximum absolute atomic E-state index is 10.0. The van der Waals surface area contributed by atoms with Gasteiger partial charge in [0.25, 0.3) is 0 Å². The van der Waals surface area contributed by atoms with Crippen molar-refractivity contribution in [2.75, 3.05) is 0 Å². The van der Waals surface area contributed by atoms with Crippen LogP contribution in [0.4, 0.5) is 0 Å². The van der Waals surface area contributed by atoms with E-state index in [1.807, 2.05) is 0 Å². The number of hydrogen-bond acceptors (Lipinski definition) is 1. The van der Waals surface area contributed by atoms with Gasteiger partial charge in [0.2, 0.25) is 0 Å². The Hall–Kier alpha value is -0.790. The number of carbonyl (C=O) groups is 1. The molecule has 0 unspecified atom stereocenters. The number of carboxylic acids is 1. The van der Waals surface area contributed by atoms with Gasteiger partial charge in [0.1, 0.15) is 0 Å². The van der Waals surface area contributed by atoms with E-state index in [-0.39, 0.29) is 0 Å². The minimum atomic E-state index is -0.677. The Kier molecular flexibility index (Phi) is 10.2. The van der Waals surface area contributed by atoms with Crippen LogP contribution in [0.2, 0.25) is 0 Å². The highest BCUT2D eigenvalue weighted by atomic mass is 16.4. The summed E-state index contributed by atoms with van der Waals surface area (Å²) in [5.74, 6) is 0.0255. The summed E-state index contributed by atoms with van der Waals surface area (Å²) in [4.78, 5) is 10.0. The minimum absolute atomic E-state index is 0.326. The van der Waals surface area contributed by atoms with Crippen molar-refractivity contribution in [3.63, 3.8) is 0 Å². The van der Waals surface area contributed by atoms with Crippen molar-refractivity contribution in [3.05, 3.63) is 12.2 Å². The number of rotatable bonds is 5. The molecule has 0 aliphatic heterocycles. The normalized spacial score (nSPS) is 14.4. The van der Waals surface area contributed by atoms with E-state index in [4.69, 9.17) is 5.11 Å². The Morgan fingerprint density at radius 3 is 2.06 bits per heavy atom. The summed E-state index contributed by atoms with van der Waals surface area (Å²) in [6.45, 7) is 4.31. The quantitative estimate of drug-likeness (QED) is 0.557. The standard InChI is InChI=1S/C8H16O2.C6H10/c1-7(2)5-3-4-6-8(9)10;1-2-4-6-5-3-1/h7H,3-6H2,1-2H3,(H,9,10);1-2H,3-6H2. The molecule has 16 heavy (non-hydrogen) atoms. The molecular formula is C14H26O2. The Bertz CT molecular complexity index is 187. The molecule has 0 fully saturated rings. The highest BCUT2D eigenvalue weighted by molar-refractivity contribution is 5.66. The third-order valence-corrected chi connectivity index (χ3v) is 2.58. The molecule has 0 spiro atoms. The predicted molar refractivity (Wildman–Crippen MR) is 68.5 cm³/mol. The molecule has 1 aliphatic carbocycles. The number of hydrogen-bond donors (Lipinski definition) is 1. The first-order chi connectivity index (χ1) is 7.63. The summed E-state index contributed by atoms with van der Waals surface area (Å²) in [6.07, 6.45) is 13.3. The molecule has 0 saturated heterocycles. The highest BCUT2D eigenvalue weighted by Gasteiger charge is 1.97. The number of allylic oxidation sites excluding steroid dienone is 2. The van der Waals surface area contributed by atoms with Gasteiger partial charge >= 0.3 is 5.97 Å². The van der Waals surface area contributed by atoms with E-state index in [0.29, 0.717) is 12.3 Å². The van der Waals surface area contributed by atoms with Gasteiger partial charge in [-0.2, -0.15) is 0 Å². The molecule has 2 nitrogen and oxygen atoms in total. The SMILES string of the molecule is C1=CCCCC1.CC(C)CCCCC(=O)O. The minimum Gasteiger partial charge on any atom is -0.481 e. The lowest BCUT2D eigenvalue weighted by molar-refractivity contribution is -0.137. The maximum Gasteiger partial charge on any atom is 0.303 e. The van der Waals surface area contributed by atoms with Crippen LogP contribution < -0.4 is 0 Å². The lowest BCUT2D eigenvalue weighted by Crippen LogP contribution is -1.94. The van der Waals surface area contributed by atoms with Crippen molar-refractivity contribution >= 4 is 5.97 Å². The van der Waals surface area contributed by atoms with Crippen LogP contribution in [-0.2, 0) is 4.79 Å². The van der Waals surface area contributed by atoms with E-state index in [1.54, 1.807) is 0 Å². The zero-order chi connectivity index (χ0) is 12.2. The van der Waals surface area contributed by atoms with Crippen molar-refractivity contribution in [1.29, 1.82) is 0 Å². The summed E-state index contributed by atoms with van der Waals surface area (Å²) in [7, 11) is 0. The van der Waals surface area contributed by atoms with E-state index in [1.165, 1.54) is 25.7 Å². The van der Waals surface area contributed by atoms with Gasteiger partial charge in [-0.1, -0.05) is 38.8 Å². The molecule has 0 aromatic rings. The van der Waals surface area contributed by atoms with Gasteiger partial charge in [-0.3, -0.25) is 4.79 Å². The second kappa shape index (κ2) is 10.7. The number of carboxylic acid groups (broad SMARTS) is 1. The van der Waals surface area contributed by atoms with Crippen LogP contribution >= 0.6 is 0 Å². The molecule has 0 bridgehead atoms. The van der Waals surface area contributed by atoms with Crippen LogP contribution in [0.1, 0.15) is 65.2 Å². The van der Waals surface area contributed by atoms with E-state index >= 15 is 0 Å². The summed E-state index contributed by atoms with van der Waals surface area (Å²) < 4.78 is 0. The van der Waals surface area contributed by atoms with Gasteiger partial charge in [0.15, 0.2) is 0 Å². The second-order valence-electron chi connectivity index (χ2n) is 4.79. The molecule has 0 aromatic heterocycles. The fourth-order valence-electron chi connectivity index (χ4n) is 1.59. The molecule has 1 rings (SSSR count). The van der Waals surface area contributed by atoms with Gasteiger partial charge in [0.05, 0.1) is 0 Å². The van der Waals surface area contributed by atoms with E-state index in [0.717, 1.165) is 19.3 Å². The predicted octanol–water partition coefficient (Wildman–Crippen LogP) is 4.40. The van der Waals surface area contributed by atoms with Crippen LogP contribution in [0.5, 0.6) is 0 Å². The molecule has 0 radical (unpaired) electrons. The monoisotopic (exact) mass is 226 g/mol. The zero-order valence-electron chi connectivity index (χ0n) is 10.7. The Balaban J connectivity index is 0.000000315. The lowest BCUT2D eigenvalue weighted by atomic mass is 10.1. The van der Waals surface area contributed by atoms with Crippen molar-refractivity contribution in [2.45, 2.75) is 65.2 Å². The molecular weight excluding hydrogens is 200 g/mol. The molecule has 0 heterocycles. The van der Waals surface area contributed by atoms with Crippen LogP contribution in [0.15, 0.2) is 12.2 Å². The van der Waals surface area contributed by atoms with Crippen molar-refractivity contribution in [3.8, 4) is 0 Å². The van der Waals surface area contributed by atoms with Crippen LogP contribution in [0.25, 0.3) is 0 Å². The molecule has 0 amide bonds. The van der Waals surface area contributed by atoms with Gasteiger partial charge in [-0.15, -0.1) is 0 Å². The molecule has 1 N–H and O–H groups in total. The van der Waals surface area contributed by atoms with Gasteiger partial charge < -0.3 is 5.11 Å². The topological polar surface area (TPSA) is 37.3 Å². The number of aliphatic carboxylic acids is 1. The van der Waals surface area contributed by atoms with Crippen molar-refractivity contribution < 1.29 is 9.90 Å². The Labute approximate surface area is 99.7 Å². The maximum atomic E-state index is 10.0. The largest absolute Gasteiger partial charge is 0.481 e. The van der Waals surface area contributed by atoms with Crippen LogP contribution in [0, 0.1) is 5.92 Å². The smallest absolute Gasteiger partial charge is 0.303 e. The first kappa shape index (κ1) is 15.2. The molecule has 94 valence electrons. The van der Waals surface area contributed by atoms with Gasteiger partial charge in [-0.25, -0.2) is 0 Å². The molecule has 1 aliphatic rings. The van der Waals surface area contributed by atoms with E-state index < -0.39 is 5.97 Å². The van der Waals surface area contributed by atoms with E-state index in [2.05, 4.69) is 26.0 Å². The lowest BCUT2D eigenvalue weighted by Gasteiger charge is -2.01.